The highest BCUT2D eigenvalue weighted by atomic mass is 19.2. The van der Waals surface area contributed by atoms with Crippen molar-refractivity contribution in [3.05, 3.63) is 70.7 Å². The lowest BCUT2D eigenvalue weighted by atomic mass is 9.99. The zero-order valence-electron chi connectivity index (χ0n) is 15.9. The summed E-state index contributed by atoms with van der Waals surface area (Å²) in [5.41, 5.74) is 2.69. The molecule has 0 fully saturated rings. The number of aromatic nitrogens is 2. The van der Waals surface area contributed by atoms with E-state index in [2.05, 4.69) is 5.10 Å². The number of nitrogens with zero attached hydrogens (tertiary/aromatic N) is 3. The molecule has 4 rings (SSSR count). The van der Waals surface area contributed by atoms with Gasteiger partial charge in [-0.2, -0.15) is 5.10 Å². The topological polar surface area (TPSA) is 47.4 Å². The summed E-state index contributed by atoms with van der Waals surface area (Å²) >= 11 is 0. The van der Waals surface area contributed by atoms with Crippen LogP contribution in [0, 0.1) is 17.5 Å². The van der Waals surface area contributed by atoms with Gasteiger partial charge in [-0.25, -0.2) is 13.2 Å². The Labute approximate surface area is 165 Å². The average Bonchev–Trinajstić information content (AvgIpc) is 3.05. The normalized spacial score (nSPS) is 13.3. The largest absolute Gasteiger partial charge is 0.497 e. The minimum absolute atomic E-state index is 0.152. The number of carbonyl (C=O) groups is 1. The Hall–Kier alpha value is -3.29. The number of fused-ring (bicyclic) bond motifs is 1. The molecular weight excluding hydrogens is 383 g/mol. The predicted octanol–water partition coefficient (Wildman–Crippen LogP) is 3.71. The molecule has 29 heavy (non-hydrogen) atoms. The van der Waals surface area contributed by atoms with Crippen LogP contribution >= 0.6 is 0 Å². The molecule has 3 aromatic rings. The highest BCUT2D eigenvalue weighted by molar-refractivity contribution is 5.94. The summed E-state index contributed by atoms with van der Waals surface area (Å²) in [6, 6.07) is 8.82. The van der Waals surface area contributed by atoms with E-state index in [0.717, 1.165) is 17.7 Å². The van der Waals surface area contributed by atoms with Gasteiger partial charge in [0.1, 0.15) is 5.75 Å². The zero-order chi connectivity index (χ0) is 20.7. The Kier molecular flexibility index (Phi) is 4.77. The Morgan fingerprint density at radius 2 is 1.86 bits per heavy atom. The van der Waals surface area contributed by atoms with Gasteiger partial charge in [-0.3, -0.25) is 9.48 Å². The van der Waals surface area contributed by atoms with Crippen LogP contribution in [0.5, 0.6) is 5.75 Å². The molecule has 2 aromatic carbocycles. The van der Waals surface area contributed by atoms with Crippen LogP contribution in [0.4, 0.5) is 13.2 Å². The van der Waals surface area contributed by atoms with Crippen LogP contribution in [0.1, 0.15) is 21.6 Å². The van der Waals surface area contributed by atoms with E-state index in [-0.39, 0.29) is 18.0 Å². The monoisotopic (exact) mass is 401 g/mol. The summed E-state index contributed by atoms with van der Waals surface area (Å²) in [6.07, 6.45) is 0.467. The first-order chi connectivity index (χ1) is 13.9. The molecule has 2 heterocycles. The van der Waals surface area contributed by atoms with E-state index < -0.39 is 17.5 Å². The Morgan fingerprint density at radius 3 is 2.55 bits per heavy atom. The maximum Gasteiger partial charge on any atom is 0.254 e. The first-order valence-electron chi connectivity index (χ1n) is 9.02. The van der Waals surface area contributed by atoms with E-state index in [1.54, 1.807) is 36.2 Å². The van der Waals surface area contributed by atoms with Crippen LogP contribution in [-0.2, 0) is 20.0 Å². The van der Waals surface area contributed by atoms with Crippen LogP contribution in [0.25, 0.3) is 11.3 Å². The number of amides is 1. The number of ether oxygens (including phenoxy) is 1. The number of benzene rings is 2. The number of rotatable bonds is 3. The lowest BCUT2D eigenvalue weighted by Gasteiger charge is -2.27. The third-order valence-corrected chi connectivity index (χ3v) is 5.06. The molecule has 0 N–H and O–H groups in total. The van der Waals surface area contributed by atoms with Gasteiger partial charge in [-0.1, -0.05) is 6.07 Å². The van der Waals surface area contributed by atoms with Crippen molar-refractivity contribution in [2.45, 2.75) is 13.0 Å². The summed E-state index contributed by atoms with van der Waals surface area (Å²) in [5.74, 6) is -3.56. The molecule has 0 saturated heterocycles. The summed E-state index contributed by atoms with van der Waals surface area (Å²) in [7, 11) is 3.19. The number of carbonyl (C=O) groups excluding carboxylic acids is 1. The first-order valence-corrected chi connectivity index (χ1v) is 9.02. The fourth-order valence-electron chi connectivity index (χ4n) is 3.69. The van der Waals surface area contributed by atoms with E-state index in [1.165, 1.54) is 11.8 Å². The molecule has 1 aliphatic heterocycles. The van der Waals surface area contributed by atoms with Crippen molar-refractivity contribution in [1.82, 2.24) is 14.7 Å². The van der Waals surface area contributed by atoms with Crippen molar-refractivity contribution in [2.75, 3.05) is 13.7 Å². The molecule has 1 aliphatic rings. The molecule has 0 radical (unpaired) electrons. The van der Waals surface area contributed by atoms with E-state index in [1.807, 2.05) is 0 Å². The van der Waals surface area contributed by atoms with Crippen molar-refractivity contribution in [1.29, 1.82) is 0 Å². The molecule has 1 aromatic heterocycles. The van der Waals surface area contributed by atoms with E-state index in [9.17, 15) is 18.0 Å². The highest BCUT2D eigenvalue weighted by Crippen LogP contribution is 2.32. The van der Waals surface area contributed by atoms with Crippen molar-refractivity contribution in [3.63, 3.8) is 0 Å². The lowest BCUT2D eigenvalue weighted by molar-refractivity contribution is 0.0732. The van der Waals surface area contributed by atoms with Gasteiger partial charge in [-0.15, -0.1) is 0 Å². The van der Waals surface area contributed by atoms with Crippen LogP contribution in [0.2, 0.25) is 0 Å². The van der Waals surface area contributed by atoms with Gasteiger partial charge in [0.2, 0.25) is 0 Å². The van der Waals surface area contributed by atoms with Gasteiger partial charge in [0.25, 0.3) is 5.91 Å². The first kappa shape index (κ1) is 19.0. The van der Waals surface area contributed by atoms with Gasteiger partial charge >= 0.3 is 0 Å². The molecule has 0 saturated carbocycles. The van der Waals surface area contributed by atoms with Crippen LogP contribution in [-0.4, -0.2) is 34.2 Å². The molecule has 0 aliphatic carbocycles. The quantitative estimate of drug-likeness (QED) is 0.629. The van der Waals surface area contributed by atoms with Crippen molar-refractivity contribution < 1.29 is 22.7 Å². The molecule has 5 nitrogen and oxygen atoms in total. The fraction of sp³-hybridized carbons (Fsp3) is 0.238. The number of aryl methyl sites for hydroxylation is 1. The average molecular weight is 401 g/mol. The van der Waals surface area contributed by atoms with Crippen molar-refractivity contribution in [2.24, 2.45) is 7.05 Å². The molecule has 0 unspecified atom stereocenters. The van der Waals surface area contributed by atoms with Crippen molar-refractivity contribution >= 4 is 5.91 Å². The van der Waals surface area contributed by atoms with Crippen LogP contribution < -0.4 is 4.74 Å². The minimum atomic E-state index is -1.50. The molecule has 1 amide bonds. The Bertz CT molecular complexity index is 1090. The smallest absolute Gasteiger partial charge is 0.254 e. The second-order valence-electron chi connectivity index (χ2n) is 6.86. The molecule has 0 atom stereocenters. The molecule has 8 heteroatoms. The van der Waals surface area contributed by atoms with Gasteiger partial charge < -0.3 is 9.64 Å². The summed E-state index contributed by atoms with van der Waals surface area (Å²) in [6.45, 7) is 0.694. The Morgan fingerprint density at radius 1 is 1.14 bits per heavy atom. The summed E-state index contributed by atoms with van der Waals surface area (Å²) in [5, 5.41) is 4.43. The van der Waals surface area contributed by atoms with Crippen LogP contribution in [0.3, 0.4) is 0 Å². The standard InChI is InChI=1S/C21H18F3N3O2/c1-26-20(13-9-16(22)19(24)17(23)10-13)15-6-7-27(11-18(15)25-26)21(28)12-4-3-5-14(8-12)29-2/h3-5,8-10H,6-7,11H2,1-2H3. The van der Waals surface area contributed by atoms with Gasteiger partial charge in [0.15, 0.2) is 17.5 Å². The van der Waals surface area contributed by atoms with Crippen molar-refractivity contribution in [3.8, 4) is 17.0 Å². The van der Waals surface area contributed by atoms with E-state index in [0.29, 0.717) is 35.7 Å². The highest BCUT2D eigenvalue weighted by Gasteiger charge is 2.28. The van der Waals surface area contributed by atoms with Crippen LogP contribution in [0.15, 0.2) is 36.4 Å². The fourth-order valence-corrected chi connectivity index (χ4v) is 3.69. The number of hydrogen-bond acceptors (Lipinski definition) is 3. The second-order valence-corrected chi connectivity index (χ2v) is 6.86. The molecule has 0 spiro atoms. The predicted molar refractivity (Wildman–Crippen MR) is 100.0 cm³/mol. The Balaban J connectivity index is 1.65. The maximum atomic E-state index is 13.7. The van der Waals surface area contributed by atoms with Gasteiger partial charge in [0.05, 0.1) is 25.0 Å². The molecule has 0 bridgehead atoms. The number of halogens is 3. The molecule has 150 valence electrons. The van der Waals surface area contributed by atoms with Gasteiger partial charge in [0, 0.05) is 30.3 Å². The second kappa shape index (κ2) is 7.27. The number of hydrogen-bond donors (Lipinski definition) is 0. The lowest BCUT2D eigenvalue weighted by Crippen LogP contribution is -2.36. The minimum Gasteiger partial charge on any atom is -0.497 e. The summed E-state index contributed by atoms with van der Waals surface area (Å²) < 4.78 is 47.4. The maximum absolute atomic E-state index is 13.7. The third kappa shape index (κ3) is 3.35. The summed E-state index contributed by atoms with van der Waals surface area (Å²) in [4.78, 5) is 14.5. The van der Waals surface area contributed by atoms with E-state index >= 15 is 0 Å². The van der Waals surface area contributed by atoms with Gasteiger partial charge in [-0.05, 0) is 36.8 Å². The number of methoxy groups -OCH3 is 1. The molecular formula is C21H18F3N3O2. The zero-order valence-corrected chi connectivity index (χ0v) is 15.9. The SMILES string of the molecule is COc1cccc(C(=O)N2CCc3c(nn(C)c3-c3cc(F)c(F)c(F)c3)C2)c1. The van der Waals surface area contributed by atoms with E-state index in [4.69, 9.17) is 4.74 Å². The third-order valence-electron chi connectivity index (χ3n) is 5.06.